The fourth-order valence-electron chi connectivity index (χ4n) is 5.38. The van der Waals surface area contributed by atoms with Gasteiger partial charge in [-0.05, 0) is 59.3 Å². The molecule has 3 heterocycles. The van der Waals surface area contributed by atoms with Crippen molar-refractivity contribution >= 4 is 5.91 Å². The molecule has 1 amide bonds. The number of carbonyl (C=O) groups excluding carboxylic acids is 1. The van der Waals surface area contributed by atoms with Crippen LogP contribution in [-0.4, -0.2) is 48.7 Å². The number of ether oxygens (including phenoxy) is 1. The molecule has 1 saturated carbocycles. The van der Waals surface area contributed by atoms with E-state index in [0.717, 1.165) is 51.9 Å². The van der Waals surface area contributed by atoms with E-state index >= 15 is 0 Å². The minimum absolute atomic E-state index is 0.0729. The fourth-order valence-corrected chi connectivity index (χ4v) is 5.38. The lowest BCUT2D eigenvalue weighted by Crippen LogP contribution is -2.42. The topological polar surface area (TPSA) is 41.6 Å². The van der Waals surface area contributed by atoms with Gasteiger partial charge in [-0.25, -0.2) is 0 Å². The molecule has 3 saturated heterocycles. The van der Waals surface area contributed by atoms with Gasteiger partial charge in [-0.3, -0.25) is 9.69 Å². The van der Waals surface area contributed by atoms with Crippen LogP contribution in [0.1, 0.15) is 59.3 Å². The number of nitrogens with one attached hydrogen (secondary N) is 1. The average molecular weight is 373 g/mol. The number of carbonyl (C=O) groups is 1. The van der Waals surface area contributed by atoms with Crippen molar-refractivity contribution in [3.63, 3.8) is 0 Å². The Morgan fingerprint density at radius 2 is 2.04 bits per heavy atom. The van der Waals surface area contributed by atoms with Crippen LogP contribution in [0, 0.1) is 17.8 Å². The number of fused-ring (bicyclic) bond motifs is 1. The van der Waals surface area contributed by atoms with E-state index in [1.54, 1.807) is 0 Å². The largest absolute Gasteiger partial charge is 0.370 e. The molecular weight excluding hydrogens is 336 g/mol. The van der Waals surface area contributed by atoms with Crippen LogP contribution < -0.4 is 5.32 Å². The average Bonchev–Trinajstić information content (AvgIpc) is 3.22. The second kappa shape index (κ2) is 7.71. The lowest BCUT2D eigenvalue weighted by atomic mass is 9.73. The number of amides is 1. The number of hydrogen-bond donors (Lipinski definition) is 1. The molecule has 1 spiro atoms. The molecule has 4 aliphatic rings. The molecule has 4 fully saturated rings. The third-order valence-corrected chi connectivity index (χ3v) is 7.10. The van der Waals surface area contributed by atoms with Gasteiger partial charge in [-0.1, -0.05) is 23.3 Å². The van der Waals surface area contributed by atoms with Crippen molar-refractivity contribution in [2.75, 3.05) is 26.2 Å². The molecule has 0 radical (unpaired) electrons. The van der Waals surface area contributed by atoms with E-state index in [2.05, 4.69) is 43.1 Å². The van der Waals surface area contributed by atoms with Gasteiger partial charge in [0, 0.05) is 43.9 Å². The summed E-state index contributed by atoms with van der Waals surface area (Å²) in [7, 11) is 0. The summed E-state index contributed by atoms with van der Waals surface area (Å²) in [5.74, 6) is 1.68. The predicted molar refractivity (Wildman–Crippen MR) is 108 cm³/mol. The van der Waals surface area contributed by atoms with Gasteiger partial charge < -0.3 is 10.1 Å². The molecule has 1 N–H and O–H groups in total. The Bertz CT molecular complexity index is 632. The zero-order valence-corrected chi connectivity index (χ0v) is 17.3. The van der Waals surface area contributed by atoms with E-state index < -0.39 is 0 Å². The number of hydrogen-bond acceptors (Lipinski definition) is 3. The molecule has 0 aromatic heterocycles. The van der Waals surface area contributed by atoms with Gasteiger partial charge in [-0.15, -0.1) is 0 Å². The highest BCUT2D eigenvalue weighted by Crippen LogP contribution is 2.54. The van der Waals surface area contributed by atoms with Gasteiger partial charge in [0.1, 0.15) is 0 Å². The SMILES string of the molecule is CC(C)=CCCC(C)=CCN1C[C@@H]2[C@H](CNC(=O)C3CC3)[C@H]3CC[C@]2(C1)O3. The van der Waals surface area contributed by atoms with E-state index in [0.29, 0.717) is 23.9 Å². The Labute approximate surface area is 164 Å². The maximum Gasteiger partial charge on any atom is 0.223 e. The second-order valence-electron chi connectivity index (χ2n) is 9.61. The Balaban J connectivity index is 1.30. The van der Waals surface area contributed by atoms with Crippen molar-refractivity contribution in [3.05, 3.63) is 23.3 Å². The third kappa shape index (κ3) is 4.17. The van der Waals surface area contributed by atoms with E-state index in [1.165, 1.54) is 24.0 Å². The maximum atomic E-state index is 12.1. The Hall–Kier alpha value is -1.13. The first kappa shape index (κ1) is 19.2. The summed E-state index contributed by atoms with van der Waals surface area (Å²) in [5.41, 5.74) is 2.96. The summed E-state index contributed by atoms with van der Waals surface area (Å²) >= 11 is 0. The van der Waals surface area contributed by atoms with Gasteiger partial charge in [0.2, 0.25) is 5.91 Å². The first-order chi connectivity index (χ1) is 13.0. The number of allylic oxidation sites excluding steroid dienone is 3. The molecule has 150 valence electrons. The molecule has 4 heteroatoms. The van der Waals surface area contributed by atoms with Crippen LogP contribution in [0.3, 0.4) is 0 Å². The monoisotopic (exact) mass is 372 g/mol. The van der Waals surface area contributed by atoms with Crippen LogP contribution in [0.15, 0.2) is 23.3 Å². The van der Waals surface area contributed by atoms with E-state index in [9.17, 15) is 4.79 Å². The number of rotatable bonds is 8. The smallest absolute Gasteiger partial charge is 0.223 e. The van der Waals surface area contributed by atoms with E-state index in [-0.39, 0.29) is 11.5 Å². The Morgan fingerprint density at radius 3 is 2.78 bits per heavy atom. The summed E-state index contributed by atoms with van der Waals surface area (Å²) in [6, 6.07) is 0. The Kier molecular flexibility index (Phi) is 5.48. The molecule has 3 aliphatic heterocycles. The minimum atomic E-state index is 0.0729. The van der Waals surface area contributed by atoms with Crippen molar-refractivity contribution in [3.8, 4) is 0 Å². The summed E-state index contributed by atoms with van der Waals surface area (Å²) in [5, 5.41) is 3.22. The fraction of sp³-hybridized carbons (Fsp3) is 0.783. The van der Waals surface area contributed by atoms with Gasteiger partial charge in [0.05, 0.1) is 11.7 Å². The summed E-state index contributed by atoms with van der Waals surface area (Å²) in [6.45, 7) is 10.6. The molecular formula is C23H36N2O2. The van der Waals surface area contributed by atoms with Gasteiger partial charge in [0.25, 0.3) is 0 Å². The Morgan fingerprint density at radius 1 is 1.22 bits per heavy atom. The van der Waals surface area contributed by atoms with Crippen molar-refractivity contribution in [2.45, 2.75) is 71.0 Å². The highest BCUT2D eigenvalue weighted by atomic mass is 16.5. The van der Waals surface area contributed by atoms with Gasteiger partial charge in [-0.2, -0.15) is 0 Å². The quantitative estimate of drug-likeness (QED) is 0.661. The maximum absolute atomic E-state index is 12.1. The molecule has 0 unspecified atom stereocenters. The number of nitrogens with zero attached hydrogens (tertiary/aromatic N) is 1. The van der Waals surface area contributed by atoms with Crippen LogP contribution in [0.2, 0.25) is 0 Å². The summed E-state index contributed by atoms with van der Waals surface area (Å²) in [4.78, 5) is 14.6. The molecule has 4 nitrogen and oxygen atoms in total. The van der Waals surface area contributed by atoms with Crippen LogP contribution in [-0.2, 0) is 9.53 Å². The van der Waals surface area contributed by atoms with Crippen molar-refractivity contribution in [2.24, 2.45) is 17.8 Å². The van der Waals surface area contributed by atoms with Gasteiger partial charge >= 0.3 is 0 Å². The first-order valence-corrected chi connectivity index (χ1v) is 10.9. The van der Waals surface area contributed by atoms with Crippen molar-refractivity contribution in [1.29, 1.82) is 0 Å². The third-order valence-electron chi connectivity index (χ3n) is 7.10. The van der Waals surface area contributed by atoms with E-state index in [1.807, 2.05) is 0 Å². The first-order valence-electron chi connectivity index (χ1n) is 10.9. The van der Waals surface area contributed by atoms with Crippen LogP contribution in [0.4, 0.5) is 0 Å². The summed E-state index contributed by atoms with van der Waals surface area (Å²) < 4.78 is 6.51. The molecule has 4 rings (SSSR count). The lowest BCUT2D eigenvalue weighted by Gasteiger charge is -2.29. The molecule has 2 bridgehead atoms. The lowest BCUT2D eigenvalue weighted by molar-refractivity contribution is -0.122. The molecule has 0 aromatic carbocycles. The van der Waals surface area contributed by atoms with Crippen molar-refractivity contribution in [1.82, 2.24) is 10.2 Å². The van der Waals surface area contributed by atoms with Crippen LogP contribution >= 0.6 is 0 Å². The predicted octanol–water partition coefficient (Wildman–Crippen LogP) is 3.68. The van der Waals surface area contributed by atoms with Crippen molar-refractivity contribution < 1.29 is 9.53 Å². The zero-order chi connectivity index (χ0) is 19.0. The molecule has 27 heavy (non-hydrogen) atoms. The zero-order valence-electron chi connectivity index (χ0n) is 17.3. The highest BCUT2D eigenvalue weighted by molar-refractivity contribution is 5.80. The van der Waals surface area contributed by atoms with Crippen LogP contribution in [0.5, 0.6) is 0 Å². The molecule has 1 aliphatic carbocycles. The highest BCUT2D eigenvalue weighted by Gasteiger charge is 2.62. The standard InChI is InChI=1S/C23H36N2O2/c1-16(2)5-4-6-17(3)10-12-25-14-20-19(13-24-22(26)18-7-8-18)21-9-11-23(20,15-25)27-21/h5,10,18-21H,4,6-9,11-15H2,1-3H3,(H,24,26)/t19-,20+,21+,23+/m0/s1. The van der Waals surface area contributed by atoms with Gasteiger partial charge in [0.15, 0.2) is 0 Å². The molecule has 4 atom stereocenters. The summed E-state index contributed by atoms with van der Waals surface area (Å²) in [6.07, 6.45) is 11.9. The van der Waals surface area contributed by atoms with E-state index in [4.69, 9.17) is 4.74 Å². The molecule has 0 aromatic rings. The second-order valence-corrected chi connectivity index (χ2v) is 9.61. The normalized spacial score (nSPS) is 35.4. The number of likely N-dealkylation sites (tertiary alicyclic amines) is 1. The minimum Gasteiger partial charge on any atom is -0.370 e. The van der Waals surface area contributed by atoms with Crippen LogP contribution in [0.25, 0.3) is 0 Å².